The van der Waals surface area contributed by atoms with Crippen LogP contribution in [0.15, 0.2) is 0 Å². The van der Waals surface area contributed by atoms with E-state index in [1.165, 1.54) is 83.5 Å². The zero-order valence-electron chi connectivity index (χ0n) is 17.5. The molecule has 0 aromatic rings. The molecule has 0 amide bonds. The highest BCUT2D eigenvalue weighted by Gasteiger charge is 2.02. The van der Waals surface area contributed by atoms with Crippen molar-refractivity contribution in [2.45, 2.75) is 124 Å². The molecule has 25 heavy (non-hydrogen) atoms. The minimum atomic E-state index is 0.0107. The normalized spacial score (nSPS) is 10.2. The maximum Gasteiger partial charge on any atom is 0.305 e. The van der Waals surface area contributed by atoms with Crippen LogP contribution in [-0.4, -0.2) is 24.3 Å². The summed E-state index contributed by atoms with van der Waals surface area (Å²) in [6.45, 7) is 7.05. The summed E-state index contributed by atoms with van der Waals surface area (Å²) in [6.07, 6.45) is 19.7. The topological polar surface area (TPSA) is 46.5 Å². The minimum Gasteiger partial charge on any atom is -0.466 e. The van der Waals surface area contributed by atoms with Crippen molar-refractivity contribution in [3.8, 4) is 0 Å². The van der Waals surface area contributed by atoms with Crippen LogP contribution in [0.5, 0.6) is 0 Å². The third-order valence-electron chi connectivity index (χ3n) is 4.25. The van der Waals surface area contributed by atoms with E-state index in [0.29, 0.717) is 13.0 Å². The number of hydrogen-bond acceptors (Lipinski definition) is 3. The van der Waals surface area contributed by atoms with Gasteiger partial charge in [-0.25, -0.2) is 0 Å². The van der Waals surface area contributed by atoms with Crippen molar-refractivity contribution in [1.82, 2.24) is 0 Å². The van der Waals surface area contributed by atoms with Gasteiger partial charge in [-0.3, -0.25) is 4.79 Å². The van der Waals surface area contributed by atoms with Gasteiger partial charge in [0.1, 0.15) is 0 Å². The monoisotopic (exact) mass is 358 g/mol. The Balaban J connectivity index is 0. The second kappa shape index (κ2) is 25.7. The van der Waals surface area contributed by atoms with Crippen molar-refractivity contribution < 1.29 is 14.6 Å². The number of esters is 1. The van der Waals surface area contributed by atoms with Crippen LogP contribution in [0, 0.1) is 0 Å². The highest BCUT2D eigenvalue weighted by molar-refractivity contribution is 5.69. The molecule has 0 saturated carbocycles. The first-order valence-electron chi connectivity index (χ1n) is 11.0. The number of unbranched alkanes of at least 4 members (excludes halogenated alkanes) is 13. The molecule has 0 heterocycles. The molecule has 0 spiro atoms. The molecule has 1 N–H and O–H groups in total. The molecule has 0 aromatic carbocycles. The van der Waals surface area contributed by atoms with E-state index in [0.717, 1.165) is 12.8 Å². The van der Waals surface area contributed by atoms with Gasteiger partial charge < -0.3 is 9.84 Å². The van der Waals surface area contributed by atoms with Gasteiger partial charge in [-0.1, -0.05) is 97.3 Å². The van der Waals surface area contributed by atoms with Crippen LogP contribution in [0.2, 0.25) is 0 Å². The lowest BCUT2D eigenvalue weighted by atomic mass is 10.1. The predicted molar refractivity (Wildman–Crippen MR) is 109 cm³/mol. The van der Waals surface area contributed by atoms with Crippen molar-refractivity contribution in [3.05, 3.63) is 0 Å². The highest BCUT2D eigenvalue weighted by atomic mass is 16.5. The number of aliphatic hydroxyl groups excluding tert-OH is 1. The van der Waals surface area contributed by atoms with Gasteiger partial charge in [0.15, 0.2) is 0 Å². The lowest BCUT2D eigenvalue weighted by Crippen LogP contribution is -2.05. The molecule has 0 aliphatic rings. The molecule has 0 bridgehead atoms. The Labute approximate surface area is 157 Å². The first-order chi connectivity index (χ1) is 12.2. The second-order valence-corrected chi connectivity index (χ2v) is 6.88. The molecule has 0 radical (unpaired) electrons. The summed E-state index contributed by atoms with van der Waals surface area (Å²) in [5.74, 6) is 0.0107. The Kier molecular flexibility index (Phi) is 27.4. The minimum absolute atomic E-state index is 0.0107. The average Bonchev–Trinajstić information content (AvgIpc) is 2.60. The zero-order chi connectivity index (χ0) is 19.0. The highest BCUT2D eigenvalue weighted by Crippen LogP contribution is 2.10. The SMILES string of the molecule is CCCCCCCCCCOC(=O)CCCCCCCCC.CCO. The lowest BCUT2D eigenvalue weighted by Gasteiger charge is -2.05. The molecule has 0 fully saturated rings. The number of rotatable bonds is 17. The van der Waals surface area contributed by atoms with Crippen molar-refractivity contribution >= 4 is 5.97 Å². The van der Waals surface area contributed by atoms with Crippen LogP contribution < -0.4 is 0 Å². The zero-order valence-corrected chi connectivity index (χ0v) is 17.5. The average molecular weight is 359 g/mol. The van der Waals surface area contributed by atoms with E-state index in [-0.39, 0.29) is 12.6 Å². The van der Waals surface area contributed by atoms with E-state index < -0.39 is 0 Å². The first-order valence-corrected chi connectivity index (χ1v) is 11.0. The van der Waals surface area contributed by atoms with Gasteiger partial charge in [0.25, 0.3) is 0 Å². The van der Waals surface area contributed by atoms with Gasteiger partial charge in [-0.05, 0) is 19.8 Å². The molecular weight excluding hydrogens is 312 g/mol. The standard InChI is InChI=1S/C20H40O2.C2H6O/c1-3-5-7-9-11-13-15-17-19-22-20(21)18-16-14-12-10-8-6-4-2;1-2-3/h3-19H2,1-2H3;3H,2H2,1H3. The maximum absolute atomic E-state index is 11.6. The molecule has 3 heteroatoms. The van der Waals surface area contributed by atoms with E-state index in [1.807, 2.05) is 0 Å². The van der Waals surface area contributed by atoms with Crippen LogP contribution in [-0.2, 0) is 9.53 Å². The third-order valence-corrected chi connectivity index (χ3v) is 4.25. The number of ether oxygens (including phenoxy) is 1. The molecule has 0 aliphatic carbocycles. The Bertz CT molecular complexity index is 241. The number of carbonyl (C=O) groups excluding carboxylic acids is 1. The molecular formula is C22H46O3. The fraction of sp³-hybridized carbons (Fsp3) is 0.955. The maximum atomic E-state index is 11.6. The van der Waals surface area contributed by atoms with Gasteiger partial charge in [-0.2, -0.15) is 0 Å². The van der Waals surface area contributed by atoms with Crippen molar-refractivity contribution in [1.29, 1.82) is 0 Å². The summed E-state index contributed by atoms with van der Waals surface area (Å²) in [5, 5.41) is 7.57. The Morgan fingerprint density at radius 3 is 1.44 bits per heavy atom. The summed E-state index contributed by atoms with van der Waals surface area (Å²) in [4.78, 5) is 11.6. The summed E-state index contributed by atoms with van der Waals surface area (Å²) in [6, 6.07) is 0. The smallest absolute Gasteiger partial charge is 0.305 e. The van der Waals surface area contributed by atoms with E-state index in [4.69, 9.17) is 9.84 Å². The van der Waals surface area contributed by atoms with Gasteiger partial charge >= 0.3 is 5.97 Å². The predicted octanol–water partition coefficient (Wildman–Crippen LogP) is 6.81. The van der Waals surface area contributed by atoms with E-state index in [9.17, 15) is 4.79 Å². The summed E-state index contributed by atoms with van der Waals surface area (Å²) in [7, 11) is 0. The Morgan fingerprint density at radius 2 is 1.00 bits per heavy atom. The molecule has 152 valence electrons. The Morgan fingerprint density at radius 1 is 0.640 bits per heavy atom. The summed E-state index contributed by atoms with van der Waals surface area (Å²) in [5.41, 5.74) is 0. The van der Waals surface area contributed by atoms with Crippen LogP contribution in [0.1, 0.15) is 124 Å². The van der Waals surface area contributed by atoms with Crippen molar-refractivity contribution in [2.24, 2.45) is 0 Å². The number of hydrogen-bond donors (Lipinski definition) is 1. The number of aliphatic hydroxyl groups is 1. The molecule has 0 atom stereocenters. The van der Waals surface area contributed by atoms with E-state index in [2.05, 4.69) is 13.8 Å². The molecule has 0 saturated heterocycles. The summed E-state index contributed by atoms with van der Waals surface area (Å²) < 4.78 is 5.29. The molecule has 0 aromatic heterocycles. The second-order valence-electron chi connectivity index (χ2n) is 6.88. The molecule has 3 nitrogen and oxygen atoms in total. The van der Waals surface area contributed by atoms with E-state index in [1.54, 1.807) is 6.92 Å². The Hall–Kier alpha value is -0.570. The van der Waals surface area contributed by atoms with Crippen LogP contribution in [0.3, 0.4) is 0 Å². The largest absolute Gasteiger partial charge is 0.466 e. The van der Waals surface area contributed by atoms with Gasteiger partial charge in [-0.15, -0.1) is 0 Å². The van der Waals surface area contributed by atoms with Crippen LogP contribution >= 0.6 is 0 Å². The van der Waals surface area contributed by atoms with Crippen molar-refractivity contribution in [3.63, 3.8) is 0 Å². The fourth-order valence-corrected chi connectivity index (χ4v) is 2.72. The quantitative estimate of drug-likeness (QED) is 0.229. The van der Waals surface area contributed by atoms with Gasteiger partial charge in [0.2, 0.25) is 0 Å². The first kappa shape index (κ1) is 26.7. The summed E-state index contributed by atoms with van der Waals surface area (Å²) >= 11 is 0. The van der Waals surface area contributed by atoms with Gasteiger partial charge in [0, 0.05) is 13.0 Å². The number of carbonyl (C=O) groups is 1. The molecule has 0 aliphatic heterocycles. The van der Waals surface area contributed by atoms with E-state index >= 15 is 0 Å². The van der Waals surface area contributed by atoms with Crippen molar-refractivity contribution in [2.75, 3.05) is 13.2 Å². The van der Waals surface area contributed by atoms with Crippen LogP contribution in [0.4, 0.5) is 0 Å². The molecule has 0 unspecified atom stereocenters. The van der Waals surface area contributed by atoms with Crippen LogP contribution in [0.25, 0.3) is 0 Å². The molecule has 0 rings (SSSR count). The van der Waals surface area contributed by atoms with Gasteiger partial charge in [0.05, 0.1) is 6.61 Å². The third kappa shape index (κ3) is 28.5. The fourth-order valence-electron chi connectivity index (χ4n) is 2.72. The lowest BCUT2D eigenvalue weighted by molar-refractivity contribution is -0.143.